The summed E-state index contributed by atoms with van der Waals surface area (Å²) in [6, 6.07) is 9.87. The Hall–Kier alpha value is -3.04. The molecule has 2 N–H and O–H groups in total. The molecule has 0 bridgehead atoms. The molecule has 8 nitrogen and oxygen atoms in total. The number of ether oxygens (including phenoxy) is 2. The lowest BCUT2D eigenvalue weighted by Gasteiger charge is -2.24. The van der Waals surface area contributed by atoms with Crippen LogP contribution in [0.1, 0.15) is 17.5 Å². The Labute approximate surface area is 202 Å². The van der Waals surface area contributed by atoms with Crippen LogP contribution in [-0.2, 0) is 22.4 Å². The first-order valence-electron chi connectivity index (χ1n) is 11.5. The summed E-state index contributed by atoms with van der Waals surface area (Å²) in [5, 5.41) is 5.86. The van der Waals surface area contributed by atoms with Gasteiger partial charge in [-0.1, -0.05) is 17.6 Å². The van der Waals surface area contributed by atoms with Crippen molar-refractivity contribution < 1.29 is 19.1 Å². The number of urea groups is 1. The minimum absolute atomic E-state index is 0.225. The number of nitrogens with zero attached hydrogens (tertiary/aromatic N) is 2. The van der Waals surface area contributed by atoms with Crippen molar-refractivity contribution in [3.05, 3.63) is 47.5 Å². The second kappa shape index (κ2) is 10.5. The average Bonchev–Trinajstić information content (AvgIpc) is 3.20. The molecular formula is C25H31BN4O4. The van der Waals surface area contributed by atoms with Crippen LogP contribution in [0.3, 0.4) is 0 Å². The Morgan fingerprint density at radius 1 is 1.03 bits per heavy atom. The van der Waals surface area contributed by atoms with E-state index in [9.17, 15) is 9.59 Å². The summed E-state index contributed by atoms with van der Waals surface area (Å²) in [6.07, 6.45) is 2.03. The van der Waals surface area contributed by atoms with Crippen molar-refractivity contribution in [2.24, 2.45) is 0 Å². The summed E-state index contributed by atoms with van der Waals surface area (Å²) in [6.45, 7) is 2.27. The van der Waals surface area contributed by atoms with Crippen molar-refractivity contribution >= 4 is 36.6 Å². The van der Waals surface area contributed by atoms with E-state index in [0.29, 0.717) is 35.6 Å². The lowest BCUT2D eigenvalue weighted by molar-refractivity contribution is -0.119. The number of carbonyl (C=O) groups excluding carboxylic acids is 2. The molecule has 2 aliphatic rings. The Morgan fingerprint density at radius 2 is 1.71 bits per heavy atom. The van der Waals surface area contributed by atoms with E-state index < -0.39 is 6.04 Å². The third kappa shape index (κ3) is 5.37. The SMILES string of the molecule is [B]c1ccc(NC(=O)N2CC(OC)C[C@@H]2C(=O)Nc2cc3c(cc2OC)CCN(C)CC3)cc1. The first kappa shape index (κ1) is 24.1. The van der Waals surface area contributed by atoms with Crippen LogP contribution in [0.25, 0.3) is 0 Å². The van der Waals surface area contributed by atoms with Gasteiger partial charge in [-0.15, -0.1) is 0 Å². The average molecular weight is 462 g/mol. The largest absolute Gasteiger partial charge is 0.495 e. The number of likely N-dealkylation sites (tertiary alicyclic amines) is 1. The number of likely N-dealkylation sites (N-methyl/N-ethyl adjacent to an activating group) is 1. The van der Waals surface area contributed by atoms with Gasteiger partial charge >= 0.3 is 6.03 Å². The van der Waals surface area contributed by atoms with Crippen LogP contribution in [0.4, 0.5) is 16.2 Å². The van der Waals surface area contributed by atoms with Gasteiger partial charge in [-0.05, 0) is 55.3 Å². The summed E-state index contributed by atoms with van der Waals surface area (Å²) >= 11 is 0. The van der Waals surface area contributed by atoms with E-state index in [1.165, 1.54) is 16.0 Å². The third-order valence-corrected chi connectivity index (χ3v) is 6.63. The van der Waals surface area contributed by atoms with E-state index in [1.54, 1.807) is 38.5 Å². The number of amides is 3. The number of methoxy groups -OCH3 is 2. The highest BCUT2D eigenvalue weighted by Crippen LogP contribution is 2.32. The van der Waals surface area contributed by atoms with Gasteiger partial charge in [0.25, 0.3) is 0 Å². The second-order valence-electron chi connectivity index (χ2n) is 8.93. The summed E-state index contributed by atoms with van der Waals surface area (Å²) in [7, 11) is 11.0. The van der Waals surface area contributed by atoms with E-state index in [2.05, 4.69) is 22.6 Å². The van der Waals surface area contributed by atoms with E-state index in [1.807, 2.05) is 12.1 Å². The molecule has 2 aromatic carbocycles. The van der Waals surface area contributed by atoms with Crippen molar-refractivity contribution in [1.29, 1.82) is 0 Å². The lowest BCUT2D eigenvalue weighted by Crippen LogP contribution is -2.45. The fraction of sp³-hybridized carbons (Fsp3) is 0.440. The maximum atomic E-state index is 13.4. The van der Waals surface area contributed by atoms with Gasteiger partial charge in [0, 0.05) is 38.9 Å². The van der Waals surface area contributed by atoms with Gasteiger partial charge in [-0.2, -0.15) is 0 Å². The molecule has 4 rings (SSSR count). The molecule has 2 heterocycles. The van der Waals surface area contributed by atoms with Crippen LogP contribution in [-0.4, -0.2) is 82.6 Å². The second-order valence-corrected chi connectivity index (χ2v) is 8.93. The molecule has 34 heavy (non-hydrogen) atoms. The van der Waals surface area contributed by atoms with E-state index in [-0.39, 0.29) is 18.0 Å². The highest BCUT2D eigenvalue weighted by atomic mass is 16.5. The number of fused-ring (bicyclic) bond motifs is 1. The summed E-state index contributed by atoms with van der Waals surface area (Å²) in [5.74, 6) is 0.354. The fourth-order valence-corrected chi connectivity index (χ4v) is 4.55. The summed E-state index contributed by atoms with van der Waals surface area (Å²) in [5.41, 5.74) is 4.29. The molecule has 1 fully saturated rings. The zero-order valence-corrected chi connectivity index (χ0v) is 20.0. The monoisotopic (exact) mass is 462 g/mol. The number of benzene rings is 2. The van der Waals surface area contributed by atoms with Gasteiger partial charge in [-0.25, -0.2) is 4.79 Å². The van der Waals surface area contributed by atoms with Gasteiger partial charge < -0.3 is 29.9 Å². The van der Waals surface area contributed by atoms with Crippen molar-refractivity contribution in [2.45, 2.75) is 31.4 Å². The van der Waals surface area contributed by atoms with Crippen LogP contribution in [0, 0.1) is 0 Å². The molecule has 0 aliphatic carbocycles. The van der Waals surface area contributed by atoms with Gasteiger partial charge in [0.2, 0.25) is 5.91 Å². The van der Waals surface area contributed by atoms with Gasteiger partial charge in [-0.3, -0.25) is 4.79 Å². The minimum atomic E-state index is -0.673. The van der Waals surface area contributed by atoms with Crippen LogP contribution in [0.2, 0.25) is 0 Å². The highest BCUT2D eigenvalue weighted by molar-refractivity contribution is 6.32. The van der Waals surface area contributed by atoms with Crippen LogP contribution in [0.15, 0.2) is 36.4 Å². The molecule has 9 heteroatoms. The molecule has 0 saturated carbocycles. The third-order valence-electron chi connectivity index (χ3n) is 6.63. The Morgan fingerprint density at radius 3 is 2.35 bits per heavy atom. The van der Waals surface area contributed by atoms with Crippen molar-refractivity contribution in [3.63, 3.8) is 0 Å². The van der Waals surface area contributed by atoms with E-state index in [4.69, 9.17) is 17.3 Å². The molecule has 0 aromatic heterocycles. The predicted molar refractivity (Wildman–Crippen MR) is 133 cm³/mol. The molecule has 2 atom stereocenters. The molecule has 1 saturated heterocycles. The van der Waals surface area contributed by atoms with Gasteiger partial charge in [0.05, 0.1) is 18.9 Å². The quantitative estimate of drug-likeness (QED) is 0.663. The Kier molecular flexibility index (Phi) is 7.43. The van der Waals surface area contributed by atoms with E-state index >= 15 is 0 Å². The molecule has 178 valence electrons. The molecule has 0 spiro atoms. The number of anilines is 2. The van der Waals surface area contributed by atoms with E-state index in [0.717, 1.165) is 25.9 Å². The molecule has 2 aliphatic heterocycles. The smallest absolute Gasteiger partial charge is 0.322 e. The number of nitrogens with one attached hydrogen (secondary N) is 2. The maximum Gasteiger partial charge on any atom is 0.322 e. The highest BCUT2D eigenvalue weighted by Gasteiger charge is 2.40. The van der Waals surface area contributed by atoms with Crippen molar-refractivity contribution in [3.8, 4) is 5.75 Å². The number of carbonyl (C=O) groups is 2. The zero-order valence-electron chi connectivity index (χ0n) is 20.0. The molecular weight excluding hydrogens is 431 g/mol. The van der Waals surface area contributed by atoms with Gasteiger partial charge in [0.15, 0.2) is 0 Å². The maximum absolute atomic E-state index is 13.4. The Balaban J connectivity index is 1.52. The number of hydrogen-bond donors (Lipinski definition) is 2. The van der Waals surface area contributed by atoms with Crippen LogP contribution >= 0.6 is 0 Å². The molecule has 2 radical (unpaired) electrons. The van der Waals surface area contributed by atoms with Crippen LogP contribution in [0.5, 0.6) is 5.75 Å². The predicted octanol–water partition coefficient (Wildman–Crippen LogP) is 1.78. The molecule has 2 aromatic rings. The first-order chi connectivity index (χ1) is 16.4. The minimum Gasteiger partial charge on any atom is -0.495 e. The fourth-order valence-electron chi connectivity index (χ4n) is 4.55. The lowest BCUT2D eigenvalue weighted by atomic mass is 9.96. The topological polar surface area (TPSA) is 83.1 Å². The normalized spacial score (nSPS) is 20.4. The zero-order chi connectivity index (χ0) is 24.2. The standard InChI is InChI=1S/C25H31BN4O4/c1-29-10-8-16-12-21(23(34-3)13-17(16)9-11-29)28-24(31)22-14-20(33-2)15-30(22)25(32)27-19-6-4-18(26)5-7-19/h4-7,12-13,20,22H,8-11,14-15H2,1-3H3,(H,27,32)(H,28,31)/t20?,22-/m1/s1. The summed E-state index contributed by atoms with van der Waals surface area (Å²) in [4.78, 5) is 30.2. The number of hydrogen-bond acceptors (Lipinski definition) is 5. The number of rotatable bonds is 5. The van der Waals surface area contributed by atoms with Crippen molar-refractivity contribution in [1.82, 2.24) is 9.80 Å². The van der Waals surface area contributed by atoms with Crippen LogP contribution < -0.4 is 20.8 Å². The molecule has 1 unspecified atom stereocenters. The van der Waals surface area contributed by atoms with Crippen molar-refractivity contribution in [2.75, 3.05) is 51.5 Å². The Bertz CT molecular complexity index is 1050. The summed E-state index contributed by atoms with van der Waals surface area (Å²) < 4.78 is 11.1. The molecule has 3 amide bonds. The first-order valence-corrected chi connectivity index (χ1v) is 11.5. The van der Waals surface area contributed by atoms with Gasteiger partial charge in [0.1, 0.15) is 19.6 Å².